The Morgan fingerprint density at radius 3 is 2.64 bits per heavy atom. The molecule has 0 saturated carbocycles. The number of pyridine rings is 1. The van der Waals surface area contributed by atoms with Crippen molar-refractivity contribution in [1.29, 1.82) is 0 Å². The van der Waals surface area contributed by atoms with Crippen LogP contribution < -0.4 is 4.74 Å². The van der Waals surface area contributed by atoms with E-state index in [1.54, 1.807) is 6.92 Å². The molecule has 12 heteroatoms. The molecule has 146 valence electrons. The van der Waals surface area contributed by atoms with Gasteiger partial charge in [0.15, 0.2) is 5.75 Å². The maximum Gasteiger partial charge on any atom is 0.315 e. The number of ether oxygens (including phenoxy) is 1. The van der Waals surface area contributed by atoms with Gasteiger partial charge in [0.2, 0.25) is 11.6 Å². The van der Waals surface area contributed by atoms with Crippen LogP contribution in [-0.2, 0) is 6.61 Å². The molecule has 2 heterocycles. The van der Waals surface area contributed by atoms with Gasteiger partial charge in [0, 0.05) is 6.07 Å². The average molecular weight is 427 g/mol. The summed E-state index contributed by atoms with van der Waals surface area (Å²) < 4.78 is 10.1. The molecule has 0 unspecified atom stereocenters. The Kier molecular flexibility index (Phi) is 5.36. The molecule has 0 fully saturated rings. The summed E-state index contributed by atoms with van der Waals surface area (Å²) in [7, 11) is 1.25. The molecule has 3 rings (SSSR count). The number of nitro groups is 1. The van der Waals surface area contributed by atoms with Gasteiger partial charge in [-0.05, 0) is 18.6 Å². The number of nitro benzene ring substituents is 1. The van der Waals surface area contributed by atoms with Gasteiger partial charge >= 0.3 is 5.69 Å². The van der Waals surface area contributed by atoms with Crippen LogP contribution in [-0.4, -0.2) is 37.4 Å². The van der Waals surface area contributed by atoms with Crippen molar-refractivity contribution < 1.29 is 24.4 Å². The number of hydrogen-bond acceptors (Lipinski definition) is 9. The number of methoxy groups -OCH3 is 1. The van der Waals surface area contributed by atoms with Crippen LogP contribution in [0, 0.1) is 17.0 Å². The van der Waals surface area contributed by atoms with E-state index in [4.69, 9.17) is 32.5 Å². The Bertz CT molecular complexity index is 1090. The Labute approximate surface area is 167 Å². The fourth-order valence-corrected chi connectivity index (χ4v) is 3.05. The highest BCUT2D eigenvalue weighted by atomic mass is 35.5. The summed E-state index contributed by atoms with van der Waals surface area (Å²) in [6.45, 7) is 1.25. The predicted molar refractivity (Wildman–Crippen MR) is 98.5 cm³/mol. The van der Waals surface area contributed by atoms with Crippen LogP contribution in [0.4, 0.5) is 5.69 Å². The zero-order valence-corrected chi connectivity index (χ0v) is 15.9. The number of phenolic OH excluding ortho intramolecular Hbond substituents is 1. The minimum atomic E-state index is -0.767. The lowest BCUT2D eigenvalue weighted by Gasteiger charge is -2.09. The number of hydrogen-bond donors (Lipinski definition) is 2. The molecule has 0 saturated heterocycles. The van der Waals surface area contributed by atoms with E-state index in [9.17, 15) is 20.3 Å². The lowest BCUT2D eigenvalue weighted by Crippen LogP contribution is -1.98. The number of aromatic nitrogens is 3. The zero-order chi connectivity index (χ0) is 20.6. The largest absolute Gasteiger partial charge is 0.500 e. The van der Waals surface area contributed by atoms with Gasteiger partial charge in [0.25, 0.3) is 5.89 Å². The molecule has 28 heavy (non-hydrogen) atoms. The van der Waals surface area contributed by atoms with E-state index in [0.29, 0.717) is 11.1 Å². The van der Waals surface area contributed by atoms with Crippen molar-refractivity contribution in [3.8, 4) is 34.3 Å². The van der Waals surface area contributed by atoms with Gasteiger partial charge in [-0.3, -0.25) is 10.1 Å². The van der Waals surface area contributed by atoms with E-state index in [-0.39, 0.29) is 38.9 Å². The van der Waals surface area contributed by atoms with Crippen LogP contribution in [0.1, 0.15) is 11.3 Å². The number of benzene rings is 1. The highest BCUT2D eigenvalue weighted by molar-refractivity contribution is 6.35. The standard InChI is InChI=1S/C16H12Cl2N4O6/c1-6-11(14(18)19-8(5-23)12(6)17)15-20-16(28-21-15)7-3-9(22(25)26)13(24)10(4-7)27-2/h3-4,23-24H,5H2,1-2H3. The molecule has 1 aromatic carbocycles. The summed E-state index contributed by atoms with van der Waals surface area (Å²) in [4.78, 5) is 18.6. The molecule has 0 bridgehead atoms. The van der Waals surface area contributed by atoms with Crippen molar-refractivity contribution in [2.24, 2.45) is 0 Å². The quantitative estimate of drug-likeness (QED) is 0.355. The zero-order valence-electron chi connectivity index (χ0n) is 14.4. The van der Waals surface area contributed by atoms with Crippen molar-refractivity contribution in [1.82, 2.24) is 15.1 Å². The predicted octanol–water partition coefficient (Wildman–Crippen LogP) is 3.53. The molecule has 2 N–H and O–H groups in total. The molecular formula is C16H12Cl2N4O6. The molecule has 3 aromatic rings. The van der Waals surface area contributed by atoms with Crippen molar-refractivity contribution in [2.75, 3.05) is 7.11 Å². The van der Waals surface area contributed by atoms with E-state index in [2.05, 4.69) is 15.1 Å². The van der Waals surface area contributed by atoms with Crippen molar-refractivity contribution in [2.45, 2.75) is 13.5 Å². The average Bonchev–Trinajstić information content (AvgIpc) is 3.14. The number of rotatable bonds is 5. The molecule has 0 aliphatic carbocycles. The van der Waals surface area contributed by atoms with E-state index in [1.165, 1.54) is 13.2 Å². The summed E-state index contributed by atoms with van der Waals surface area (Å²) in [5.41, 5.74) is 0.544. The highest BCUT2D eigenvalue weighted by Crippen LogP contribution is 2.40. The Balaban J connectivity index is 2.13. The van der Waals surface area contributed by atoms with E-state index < -0.39 is 23.0 Å². The van der Waals surface area contributed by atoms with Crippen molar-refractivity contribution >= 4 is 28.9 Å². The topological polar surface area (TPSA) is 145 Å². The maximum atomic E-state index is 11.1. The van der Waals surface area contributed by atoms with Gasteiger partial charge in [-0.2, -0.15) is 4.98 Å². The monoisotopic (exact) mass is 426 g/mol. The molecule has 0 atom stereocenters. The lowest BCUT2D eigenvalue weighted by atomic mass is 10.1. The molecular weight excluding hydrogens is 415 g/mol. The molecule has 0 aliphatic heterocycles. The van der Waals surface area contributed by atoms with Crippen LogP contribution in [0.2, 0.25) is 10.2 Å². The first kappa shape index (κ1) is 19.8. The third kappa shape index (κ3) is 3.33. The van der Waals surface area contributed by atoms with Gasteiger partial charge in [-0.15, -0.1) is 0 Å². The van der Waals surface area contributed by atoms with Gasteiger partial charge in [-0.1, -0.05) is 28.4 Å². The fourth-order valence-electron chi connectivity index (χ4n) is 2.52. The third-order valence-corrected chi connectivity index (χ3v) is 4.69. The second-order valence-corrected chi connectivity index (χ2v) is 6.28. The maximum absolute atomic E-state index is 11.1. The van der Waals surface area contributed by atoms with Crippen molar-refractivity contribution in [3.05, 3.63) is 43.7 Å². The van der Waals surface area contributed by atoms with Crippen LogP contribution in [0.15, 0.2) is 16.7 Å². The van der Waals surface area contributed by atoms with E-state index >= 15 is 0 Å². The summed E-state index contributed by atoms with van der Waals surface area (Å²) in [5.74, 6) is -0.777. The van der Waals surface area contributed by atoms with Crippen LogP contribution >= 0.6 is 23.2 Å². The summed E-state index contributed by atoms with van der Waals surface area (Å²) in [6, 6.07) is 2.39. The second kappa shape index (κ2) is 7.58. The Morgan fingerprint density at radius 1 is 1.32 bits per heavy atom. The first-order chi connectivity index (χ1) is 13.3. The lowest BCUT2D eigenvalue weighted by molar-refractivity contribution is -0.385. The third-order valence-electron chi connectivity index (χ3n) is 3.91. The number of aliphatic hydroxyl groups excluding tert-OH is 1. The normalized spacial score (nSPS) is 10.9. The molecule has 0 amide bonds. The smallest absolute Gasteiger partial charge is 0.315 e. The Hall–Kier alpha value is -2.95. The number of nitrogens with zero attached hydrogens (tertiary/aromatic N) is 4. The number of aromatic hydroxyl groups is 1. The summed E-state index contributed by atoms with van der Waals surface area (Å²) in [5, 5.41) is 34.3. The number of aliphatic hydroxyl groups is 1. The van der Waals surface area contributed by atoms with Gasteiger partial charge in [0.05, 0.1) is 40.5 Å². The number of halogens is 2. The Morgan fingerprint density at radius 2 is 2.04 bits per heavy atom. The molecule has 2 aromatic heterocycles. The minimum absolute atomic E-state index is 0.00701. The minimum Gasteiger partial charge on any atom is -0.500 e. The van der Waals surface area contributed by atoms with Crippen LogP contribution in [0.3, 0.4) is 0 Å². The fraction of sp³-hybridized carbons (Fsp3) is 0.188. The molecule has 0 spiro atoms. The van der Waals surface area contributed by atoms with Gasteiger partial charge in [-0.25, -0.2) is 4.98 Å². The first-order valence-corrected chi connectivity index (χ1v) is 8.39. The van der Waals surface area contributed by atoms with E-state index in [0.717, 1.165) is 6.07 Å². The summed E-state index contributed by atoms with van der Waals surface area (Å²) >= 11 is 12.3. The van der Waals surface area contributed by atoms with Crippen molar-refractivity contribution in [3.63, 3.8) is 0 Å². The van der Waals surface area contributed by atoms with Gasteiger partial charge in [0.1, 0.15) is 5.15 Å². The molecule has 0 radical (unpaired) electrons. The van der Waals surface area contributed by atoms with E-state index in [1.807, 2.05) is 0 Å². The molecule has 0 aliphatic rings. The highest BCUT2D eigenvalue weighted by Gasteiger charge is 2.24. The van der Waals surface area contributed by atoms with Crippen LogP contribution in [0.25, 0.3) is 22.8 Å². The van der Waals surface area contributed by atoms with Gasteiger partial charge < -0.3 is 19.5 Å². The number of phenols is 1. The second-order valence-electron chi connectivity index (χ2n) is 5.55. The first-order valence-electron chi connectivity index (χ1n) is 7.63. The molecule has 10 nitrogen and oxygen atoms in total. The summed E-state index contributed by atoms with van der Waals surface area (Å²) in [6.07, 6.45) is 0. The van der Waals surface area contributed by atoms with Crippen LogP contribution in [0.5, 0.6) is 11.5 Å². The SMILES string of the molecule is COc1cc(-c2nc(-c3c(Cl)nc(CO)c(Cl)c3C)no2)cc([N+](=O)[O-])c1O.